The first kappa shape index (κ1) is 8.80. The molecule has 14 heavy (non-hydrogen) atoms. The summed E-state index contributed by atoms with van der Waals surface area (Å²) >= 11 is 0. The van der Waals surface area contributed by atoms with Crippen LogP contribution in [-0.2, 0) is 6.42 Å². The van der Waals surface area contributed by atoms with Crippen LogP contribution in [0.15, 0.2) is 10.5 Å². The maximum absolute atomic E-state index is 11.5. The Morgan fingerprint density at radius 1 is 1.64 bits per heavy atom. The molecule has 1 aromatic heterocycles. The van der Waals surface area contributed by atoms with Crippen molar-refractivity contribution in [2.75, 3.05) is 13.6 Å². The summed E-state index contributed by atoms with van der Waals surface area (Å²) in [6.45, 7) is 0.568. The molecule has 2 heterocycles. The first-order chi connectivity index (χ1) is 6.59. The molecular formula is C9H9NO4. The van der Waals surface area contributed by atoms with Gasteiger partial charge in [-0.15, -0.1) is 0 Å². The molecule has 1 N–H and O–H groups in total. The van der Waals surface area contributed by atoms with Crippen LogP contribution >= 0.6 is 0 Å². The normalized spacial score (nSPS) is 15.5. The van der Waals surface area contributed by atoms with Gasteiger partial charge < -0.3 is 14.4 Å². The van der Waals surface area contributed by atoms with Gasteiger partial charge in [-0.2, -0.15) is 0 Å². The van der Waals surface area contributed by atoms with Crippen LogP contribution in [-0.4, -0.2) is 35.5 Å². The number of hydrogen-bond donors (Lipinski definition) is 1. The SMILES string of the molecule is CN1CCc2oc(C(=O)O)cc2C1=O. The number of amides is 1. The van der Waals surface area contributed by atoms with E-state index in [1.165, 1.54) is 6.07 Å². The zero-order valence-electron chi connectivity index (χ0n) is 7.61. The van der Waals surface area contributed by atoms with Crippen LogP contribution < -0.4 is 0 Å². The van der Waals surface area contributed by atoms with Crippen molar-refractivity contribution in [1.82, 2.24) is 4.90 Å². The molecule has 0 bridgehead atoms. The number of nitrogens with zero attached hydrogens (tertiary/aromatic N) is 1. The molecule has 0 aromatic carbocycles. The van der Waals surface area contributed by atoms with Gasteiger partial charge in [-0.25, -0.2) is 4.79 Å². The maximum Gasteiger partial charge on any atom is 0.371 e. The van der Waals surface area contributed by atoms with Crippen LogP contribution in [0.25, 0.3) is 0 Å². The number of rotatable bonds is 1. The average molecular weight is 195 g/mol. The number of hydrogen-bond acceptors (Lipinski definition) is 3. The topological polar surface area (TPSA) is 70.8 Å². The summed E-state index contributed by atoms with van der Waals surface area (Å²) in [6, 6.07) is 1.29. The number of likely N-dealkylation sites (N-methyl/N-ethyl adjacent to an activating group) is 1. The maximum atomic E-state index is 11.5. The molecule has 1 aliphatic heterocycles. The molecule has 5 nitrogen and oxygen atoms in total. The van der Waals surface area contributed by atoms with E-state index < -0.39 is 5.97 Å². The summed E-state index contributed by atoms with van der Waals surface area (Å²) in [5, 5.41) is 8.67. The van der Waals surface area contributed by atoms with E-state index in [0.717, 1.165) is 0 Å². The molecule has 5 heteroatoms. The van der Waals surface area contributed by atoms with Crippen LogP contribution in [0.2, 0.25) is 0 Å². The van der Waals surface area contributed by atoms with Crippen LogP contribution in [0.3, 0.4) is 0 Å². The quantitative estimate of drug-likeness (QED) is 0.712. The van der Waals surface area contributed by atoms with E-state index in [1.54, 1.807) is 11.9 Å². The molecule has 74 valence electrons. The lowest BCUT2D eigenvalue weighted by atomic mass is 10.1. The summed E-state index contributed by atoms with van der Waals surface area (Å²) in [4.78, 5) is 23.7. The minimum Gasteiger partial charge on any atom is -0.475 e. The van der Waals surface area contributed by atoms with Crippen LogP contribution in [0.1, 0.15) is 26.7 Å². The molecule has 0 atom stereocenters. The number of carboxylic acid groups (broad SMARTS) is 1. The van der Waals surface area contributed by atoms with Crippen LogP contribution in [0.4, 0.5) is 0 Å². The number of aromatic carboxylic acids is 1. The fraction of sp³-hybridized carbons (Fsp3) is 0.333. The summed E-state index contributed by atoms with van der Waals surface area (Å²) in [6.07, 6.45) is 0.574. The Bertz CT molecular complexity index is 407. The Kier molecular flexibility index (Phi) is 1.80. The van der Waals surface area contributed by atoms with Gasteiger partial charge in [0.1, 0.15) is 5.76 Å². The van der Waals surface area contributed by atoms with Crippen molar-refractivity contribution < 1.29 is 19.1 Å². The number of furan rings is 1. The highest BCUT2D eigenvalue weighted by atomic mass is 16.4. The molecule has 2 rings (SSSR count). The molecule has 0 aliphatic carbocycles. The summed E-state index contributed by atoms with van der Waals surface area (Å²) in [5.41, 5.74) is 0.371. The molecule has 1 aliphatic rings. The van der Waals surface area contributed by atoms with Gasteiger partial charge >= 0.3 is 5.97 Å². The van der Waals surface area contributed by atoms with Gasteiger partial charge in [0, 0.05) is 26.1 Å². The van der Waals surface area contributed by atoms with E-state index in [9.17, 15) is 9.59 Å². The van der Waals surface area contributed by atoms with E-state index in [0.29, 0.717) is 24.3 Å². The van der Waals surface area contributed by atoms with Crippen molar-refractivity contribution >= 4 is 11.9 Å². The minimum absolute atomic E-state index is 0.168. The van der Waals surface area contributed by atoms with Crippen molar-refractivity contribution in [2.24, 2.45) is 0 Å². The number of carbonyl (C=O) groups excluding carboxylic acids is 1. The van der Waals surface area contributed by atoms with Gasteiger partial charge in [-0.1, -0.05) is 0 Å². The predicted molar refractivity (Wildman–Crippen MR) is 46.3 cm³/mol. The van der Waals surface area contributed by atoms with Crippen molar-refractivity contribution in [3.8, 4) is 0 Å². The van der Waals surface area contributed by atoms with Crippen molar-refractivity contribution in [2.45, 2.75) is 6.42 Å². The van der Waals surface area contributed by atoms with Gasteiger partial charge in [-0.05, 0) is 0 Å². The zero-order chi connectivity index (χ0) is 10.3. The average Bonchev–Trinajstić information content (AvgIpc) is 2.56. The highest BCUT2D eigenvalue weighted by Crippen LogP contribution is 2.21. The Balaban J connectivity index is 2.46. The lowest BCUT2D eigenvalue weighted by Crippen LogP contribution is -2.33. The van der Waals surface area contributed by atoms with E-state index in [4.69, 9.17) is 9.52 Å². The molecule has 0 unspecified atom stereocenters. The summed E-state index contributed by atoms with van der Waals surface area (Å²) in [7, 11) is 1.68. The Hall–Kier alpha value is -1.78. The number of carbonyl (C=O) groups is 2. The molecule has 0 saturated carbocycles. The van der Waals surface area contributed by atoms with Gasteiger partial charge in [0.05, 0.1) is 5.56 Å². The zero-order valence-corrected chi connectivity index (χ0v) is 7.61. The van der Waals surface area contributed by atoms with E-state index in [1.807, 2.05) is 0 Å². The Morgan fingerprint density at radius 3 is 3.00 bits per heavy atom. The van der Waals surface area contributed by atoms with Gasteiger partial charge in [-0.3, -0.25) is 4.79 Å². The Morgan fingerprint density at radius 2 is 2.36 bits per heavy atom. The van der Waals surface area contributed by atoms with Crippen molar-refractivity contribution in [3.63, 3.8) is 0 Å². The fourth-order valence-electron chi connectivity index (χ4n) is 1.48. The lowest BCUT2D eigenvalue weighted by molar-refractivity contribution is 0.0657. The molecule has 0 radical (unpaired) electrons. The van der Waals surface area contributed by atoms with Gasteiger partial charge in [0.25, 0.3) is 5.91 Å². The second-order valence-corrected chi connectivity index (χ2v) is 3.23. The van der Waals surface area contributed by atoms with Crippen LogP contribution in [0.5, 0.6) is 0 Å². The predicted octanol–water partition coefficient (Wildman–Crippen LogP) is 0.606. The van der Waals surface area contributed by atoms with E-state index in [-0.39, 0.29) is 11.7 Å². The fourth-order valence-corrected chi connectivity index (χ4v) is 1.48. The second-order valence-electron chi connectivity index (χ2n) is 3.23. The van der Waals surface area contributed by atoms with Gasteiger partial charge in [0.15, 0.2) is 0 Å². The molecule has 0 saturated heterocycles. The van der Waals surface area contributed by atoms with Crippen LogP contribution in [0, 0.1) is 0 Å². The van der Waals surface area contributed by atoms with Crippen molar-refractivity contribution in [3.05, 3.63) is 23.2 Å². The third-order valence-electron chi connectivity index (χ3n) is 2.27. The monoisotopic (exact) mass is 195 g/mol. The largest absolute Gasteiger partial charge is 0.475 e. The number of carboxylic acids is 1. The molecule has 0 spiro atoms. The molecular weight excluding hydrogens is 186 g/mol. The minimum atomic E-state index is -1.14. The standard InChI is InChI=1S/C9H9NO4/c1-10-3-2-6-5(8(10)11)4-7(14-6)9(12)13/h4H,2-3H2,1H3,(H,12,13). The lowest BCUT2D eigenvalue weighted by Gasteiger charge is -2.20. The van der Waals surface area contributed by atoms with Gasteiger partial charge in [0.2, 0.25) is 5.76 Å². The third kappa shape index (κ3) is 1.17. The molecule has 0 fully saturated rings. The third-order valence-corrected chi connectivity index (χ3v) is 2.27. The highest BCUT2D eigenvalue weighted by Gasteiger charge is 2.27. The summed E-state index contributed by atoms with van der Waals surface area (Å²) < 4.78 is 5.04. The van der Waals surface area contributed by atoms with E-state index >= 15 is 0 Å². The number of fused-ring (bicyclic) bond motifs is 1. The highest BCUT2D eigenvalue weighted by molar-refractivity contribution is 5.98. The molecule has 1 aromatic rings. The summed E-state index contributed by atoms with van der Waals surface area (Å²) in [5.74, 6) is -1.01. The second kappa shape index (κ2) is 2.87. The Labute approximate surface area is 79.9 Å². The first-order valence-electron chi connectivity index (χ1n) is 4.21. The first-order valence-corrected chi connectivity index (χ1v) is 4.21. The smallest absolute Gasteiger partial charge is 0.371 e. The molecule has 1 amide bonds. The van der Waals surface area contributed by atoms with Crippen molar-refractivity contribution in [1.29, 1.82) is 0 Å². The van der Waals surface area contributed by atoms with E-state index in [2.05, 4.69) is 0 Å².